The number of unbranched alkanes of at least 4 members (excludes halogenated alkanes) is 4. The maximum absolute atomic E-state index is 11.9. The van der Waals surface area contributed by atoms with E-state index >= 15 is 0 Å². The van der Waals surface area contributed by atoms with Crippen LogP contribution in [0.4, 0.5) is 13.2 Å². The van der Waals surface area contributed by atoms with Gasteiger partial charge in [0.25, 0.3) is 0 Å². The molecule has 0 fully saturated rings. The third-order valence-corrected chi connectivity index (χ3v) is 3.51. The van der Waals surface area contributed by atoms with E-state index in [4.69, 9.17) is 10.8 Å². The van der Waals surface area contributed by atoms with Gasteiger partial charge in [-0.3, -0.25) is 4.79 Å². The quantitative estimate of drug-likeness (QED) is 0.402. The summed E-state index contributed by atoms with van der Waals surface area (Å²) < 4.78 is 35.7. The van der Waals surface area contributed by atoms with Gasteiger partial charge in [0, 0.05) is 6.42 Å². The molecule has 4 nitrogen and oxygen atoms in total. The number of carbonyl (C=O) groups is 1. The maximum Gasteiger partial charge on any atom is 0.389 e. The molecule has 0 aromatic carbocycles. The van der Waals surface area contributed by atoms with Crippen LogP contribution in [-0.2, 0) is 4.79 Å². The summed E-state index contributed by atoms with van der Waals surface area (Å²) in [5.41, 5.74) is 3.83. The van der Waals surface area contributed by atoms with E-state index in [0.717, 1.165) is 19.3 Å². The minimum Gasteiger partial charge on any atom is -0.480 e. The van der Waals surface area contributed by atoms with Gasteiger partial charge in [-0.1, -0.05) is 25.0 Å². The fourth-order valence-corrected chi connectivity index (χ4v) is 1.87. The van der Waals surface area contributed by atoms with Gasteiger partial charge in [-0.2, -0.15) is 13.2 Å². The zero-order valence-electron chi connectivity index (χ0n) is 12.9. The Labute approximate surface area is 129 Å². The minimum atomic E-state index is -4.06. The molecular weight excluding hydrogens is 299 g/mol. The number of allylic oxidation sites excluding steroid dienone is 2. The van der Waals surface area contributed by atoms with Crippen LogP contribution in [0.25, 0.3) is 0 Å². The molecule has 2 unspecified atom stereocenters. The van der Waals surface area contributed by atoms with E-state index in [1.54, 1.807) is 0 Å². The van der Waals surface area contributed by atoms with Gasteiger partial charge in [-0.05, 0) is 39.0 Å². The van der Waals surface area contributed by atoms with Crippen LogP contribution in [0.15, 0.2) is 12.2 Å². The molecule has 0 aromatic rings. The number of halogens is 3. The molecule has 0 aromatic heterocycles. The second-order valence-corrected chi connectivity index (χ2v) is 5.72. The molecule has 22 heavy (non-hydrogen) atoms. The van der Waals surface area contributed by atoms with Crippen LogP contribution < -0.4 is 5.73 Å². The number of rotatable bonds is 11. The van der Waals surface area contributed by atoms with Crippen LogP contribution in [0, 0.1) is 0 Å². The molecule has 0 amide bonds. The van der Waals surface area contributed by atoms with Crippen molar-refractivity contribution in [2.45, 2.75) is 76.1 Å². The fourth-order valence-electron chi connectivity index (χ4n) is 1.87. The second-order valence-electron chi connectivity index (χ2n) is 5.72. The smallest absolute Gasteiger partial charge is 0.389 e. The average molecular weight is 325 g/mol. The Morgan fingerprint density at radius 1 is 1.14 bits per heavy atom. The van der Waals surface area contributed by atoms with Gasteiger partial charge in [0.05, 0.1) is 6.10 Å². The summed E-state index contributed by atoms with van der Waals surface area (Å²) in [6, 6.07) is 0. The third-order valence-electron chi connectivity index (χ3n) is 3.51. The molecule has 0 aliphatic rings. The number of hydrogen-bond donors (Lipinski definition) is 3. The number of aliphatic carboxylic acids is 1. The normalized spacial score (nSPS) is 16.6. The third kappa shape index (κ3) is 9.78. The van der Waals surface area contributed by atoms with E-state index in [1.807, 2.05) is 12.2 Å². The summed E-state index contributed by atoms with van der Waals surface area (Å²) in [6.45, 7) is 1.27. The van der Waals surface area contributed by atoms with Gasteiger partial charge in [-0.25, -0.2) is 0 Å². The van der Waals surface area contributed by atoms with Crippen LogP contribution in [0.2, 0.25) is 0 Å². The highest BCUT2D eigenvalue weighted by Gasteiger charge is 2.35. The maximum atomic E-state index is 11.9. The Morgan fingerprint density at radius 2 is 1.68 bits per heavy atom. The van der Waals surface area contributed by atoms with Crippen LogP contribution in [0.5, 0.6) is 0 Å². The fraction of sp³-hybridized carbons (Fsp3) is 0.800. The second kappa shape index (κ2) is 9.84. The van der Waals surface area contributed by atoms with Crippen molar-refractivity contribution >= 4 is 5.97 Å². The van der Waals surface area contributed by atoms with Crippen molar-refractivity contribution in [2.24, 2.45) is 5.73 Å². The first kappa shape index (κ1) is 20.9. The molecule has 0 saturated heterocycles. The lowest BCUT2D eigenvalue weighted by molar-refractivity contribution is -0.147. The lowest BCUT2D eigenvalue weighted by atomic mass is 9.93. The molecule has 0 aliphatic heterocycles. The Kier molecular flexibility index (Phi) is 9.36. The molecule has 0 radical (unpaired) electrons. The van der Waals surface area contributed by atoms with E-state index in [9.17, 15) is 23.1 Å². The zero-order valence-corrected chi connectivity index (χ0v) is 12.9. The predicted molar refractivity (Wildman–Crippen MR) is 78.4 cm³/mol. The van der Waals surface area contributed by atoms with Gasteiger partial charge in [0.2, 0.25) is 0 Å². The summed E-state index contributed by atoms with van der Waals surface area (Å²) in [6.07, 6.45) is 1.65. The number of aliphatic hydroxyl groups excluding tert-OH is 1. The van der Waals surface area contributed by atoms with Crippen molar-refractivity contribution in [3.8, 4) is 0 Å². The van der Waals surface area contributed by atoms with Crippen LogP contribution >= 0.6 is 0 Å². The zero-order chi connectivity index (χ0) is 17.2. The van der Waals surface area contributed by atoms with Crippen molar-refractivity contribution in [3.63, 3.8) is 0 Å². The van der Waals surface area contributed by atoms with Gasteiger partial charge in [0.15, 0.2) is 0 Å². The number of aliphatic hydroxyl groups is 1. The van der Waals surface area contributed by atoms with E-state index in [-0.39, 0.29) is 12.8 Å². The summed E-state index contributed by atoms with van der Waals surface area (Å²) in [5.74, 6) is -1.25. The molecule has 7 heteroatoms. The lowest BCUT2D eigenvalue weighted by Crippen LogP contribution is -2.54. The van der Waals surface area contributed by atoms with Crippen molar-refractivity contribution in [2.75, 3.05) is 0 Å². The van der Waals surface area contributed by atoms with E-state index in [1.165, 1.54) is 6.92 Å². The van der Waals surface area contributed by atoms with E-state index in [2.05, 4.69) is 0 Å². The number of nitrogens with two attached hydrogens (primary N) is 1. The number of alkyl halides is 3. The van der Waals surface area contributed by atoms with Crippen molar-refractivity contribution in [1.29, 1.82) is 0 Å². The Balaban J connectivity index is 3.62. The van der Waals surface area contributed by atoms with Gasteiger partial charge >= 0.3 is 12.1 Å². The van der Waals surface area contributed by atoms with Gasteiger partial charge in [0.1, 0.15) is 5.54 Å². The average Bonchev–Trinajstić information content (AvgIpc) is 2.39. The molecule has 0 rings (SSSR count). The minimum absolute atomic E-state index is 0.170. The van der Waals surface area contributed by atoms with E-state index < -0.39 is 30.2 Å². The molecule has 0 aliphatic carbocycles. The number of carboxylic acids is 1. The monoisotopic (exact) mass is 325 g/mol. The number of carboxylic acid groups (broad SMARTS) is 1. The highest BCUT2D eigenvalue weighted by molar-refractivity contribution is 5.78. The van der Waals surface area contributed by atoms with Gasteiger partial charge < -0.3 is 15.9 Å². The summed E-state index contributed by atoms with van der Waals surface area (Å²) in [4.78, 5) is 10.8. The first-order chi connectivity index (χ1) is 10.1. The molecule has 0 spiro atoms. The van der Waals surface area contributed by atoms with Crippen LogP contribution in [-0.4, -0.2) is 34.0 Å². The molecular formula is C15H26F3NO3. The largest absolute Gasteiger partial charge is 0.480 e. The number of hydrogen-bond acceptors (Lipinski definition) is 3. The molecule has 0 bridgehead atoms. The topological polar surface area (TPSA) is 83.6 Å². The SMILES string of the molecule is CC(N)(C(=O)O)C(O)CCC=CCCCCCCC(F)(F)F. The molecule has 130 valence electrons. The van der Waals surface area contributed by atoms with Crippen LogP contribution in [0.3, 0.4) is 0 Å². The molecule has 0 saturated carbocycles. The predicted octanol–water partition coefficient (Wildman–Crippen LogP) is 3.39. The van der Waals surface area contributed by atoms with Crippen molar-refractivity contribution in [1.82, 2.24) is 0 Å². The first-order valence-electron chi connectivity index (χ1n) is 7.49. The molecule has 2 atom stereocenters. The summed E-state index contributed by atoms with van der Waals surface area (Å²) in [7, 11) is 0. The Hall–Kier alpha value is -1.08. The molecule has 4 N–H and O–H groups in total. The van der Waals surface area contributed by atoms with Crippen molar-refractivity contribution in [3.05, 3.63) is 12.2 Å². The standard InChI is InChI=1S/C15H26F3NO3/c1-14(19,13(21)22)12(20)10-8-6-4-2-3-5-7-9-11-15(16,17)18/h4,6,12,20H,2-3,5,7-11,19H2,1H3,(H,21,22). The summed E-state index contributed by atoms with van der Waals surface area (Å²) in [5, 5.41) is 18.5. The van der Waals surface area contributed by atoms with Crippen LogP contribution in [0.1, 0.15) is 58.3 Å². The highest BCUT2D eigenvalue weighted by atomic mass is 19.4. The summed E-state index contributed by atoms with van der Waals surface area (Å²) >= 11 is 0. The van der Waals surface area contributed by atoms with E-state index in [0.29, 0.717) is 12.8 Å². The Bertz CT molecular complexity index is 354. The first-order valence-corrected chi connectivity index (χ1v) is 7.49. The lowest BCUT2D eigenvalue weighted by Gasteiger charge is -2.25. The van der Waals surface area contributed by atoms with Crippen molar-refractivity contribution < 1.29 is 28.2 Å². The molecule has 0 heterocycles. The Morgan fingerprint density at radius 3 is 2.23 bits per heavy atom. The highest BCUT2D eigenvalue weighted by Crippen LogP contribution is 2.23. The van der Waals surface area contributed by atoms with Gasteiger partial charge in [-0.15, -0.1) is 0 Å².